The van der Waals surface area contributed by atoms with E-state index in [2.05, 4.69) is 15.9 Å². The predicted octanol–water partition coefficient (Wildman–Crippen LogP) is 3.22. The Balaban J connectivity index is 2.39. The van der Waals surface area contributed by atoms with Gasteiger partial charge in [-0.2, -0.15) is 0 Å². The molecule has 0 heterocycles. The number of nitrogens with two attached hydrogens (primary N) is 2. The number of halogens is 2. The van der Waals surface area contributed by atoms with Gasteiger partial charge >= 0.3 is 0 Å². The quantitative estimate of drug-likeness (QED) is 0.836. The minimum atomic E-state index is -0.493. The molecular formula is C13H12BrFN2. The highest BCUT2D eigenvalue weighted by atomic mass is 79.9. The molecule has 1 atom stereocenters. The standard InChI is InChI=1S/C13H12BrFN2/c14-9-3-6-12(15)11(7-9)13(17)8-1-4-10(16)5-2-8/h1-7,13H,16-17H2. The van der Waals surface area contributed by atoms with Crippen molar-refractivity contribution in [1.82, 2.24) is 0 Å². The van der Waals surface area contributed by atoms with Crippen molar-refractivity contribution >= 4 is 21.6 Å². The highest BCUT2D eigenvalue weighted by molar-refractivity contribution is 9.10. The third-order valence-electron chi connectivity index (χ3n) is 2.59. The van der Waals surface area contributed by atoms with E-state index in [9.17, 15) is 4.39 Å². The molecule has 0 aliphatic heterocycles. The molecule has 0 saturated carbocycles. The first kappa shape index (κ1) is 12.1. The zero-order chi connectivity index (χ0) is 12.4. The van der Waals surface area contributed by atoms with Crippen molar-refractivity contribution in [2.24, 2.45) is 5.73 Å². The van der Waals surface area contributed by atoms with Crippen molar-refractivity contribution in [3.8, 4) is 0 Å². The van der Waals surface area contributed by atoms with Crippen LogP contribution >= 0.6 is 15.9 Å². The second-order valence-corrected chi connectivity index (χ2v) is 4.73. The first-order valence-electron chi connectivity index (χ1n) is 5.14. The molecule has 0 saturated heterocycles. The second-order valence-electron chi connectivity index (χ2n) is 3.81. The molecule has 0 aliphatic rings. The van der Waals surface area contributed by atoms with Gasteiger partial charge in [-0.25, -0.2) is 4.39 Å². The van der Waals surface area contributed by atoms with Gasteiger partial charge in [0, 0.05) is 15.7 Å². The monoisotopic (exact) mass is 294 g/mol. The number of hydrogen-bond donors (Lipinski definition) is 2. The Morgan fingerprint density at radius 3 is 2.35 bits per heavy atom. The molecule has 0 fully saturated rings. The summed E-state index contributed by atoms with van der Waals surface area (Å²) in [6.07, 6.45) is 0. The summed E-state index contributed by atoms with van der Waals surface area (Å²) >= 11 is 3.31. The Labute approximate surface area is 108 Å². The van der Waals surface area contributed by atoms with Crippen LogP contribution in [0.1, 0.15) is 17.2 Å². The maximum absolute atomic E-state index is 13.7. The minimum absolute atomic E-state index is 0.308. The van der Waals surface area contributed by atoms with Crippen molar-refractivity contribution < 1.29 is 4.39 Å². The molecule has 17 heavy (non-hydrogen) atoms. The summed E-state index contributed by atoms with van der Waals surface area (Å²) < 4.78 is 14.5. The minimum Gasteiger partial charge on any atom is -0.399 e. The molecule has 88 valence electrons. The maximum Gasteiger partial charge on any atom is 0.128 e. The molecule has 2 aromatic rings. The van der Waals surface area contributed by atoms with E-state index in [1.165, 1.54) is 6.07 Å². The third kappa shape index (κ3) is 2.65. The summed E-state index contributed by atoms with van der Waals surface area (Å²) in [4.78, 5) is 0. The van der Waals surface area contributed by atoms with Crippen LogP contribution in [0, 0.1) is 5.82 Å². The fraction of sp³-hybridized carbons (Fsp3) is 0.0769. The first-order chi connectivity index (χ1) is 8.08. The summed E-state index contributed by atoms with van der Waals surface area (Å²) in [5.74, 6) is -0.308. The average molecular weight is 295 g/mol. The van der Waals surface area contributed by atoms with Crippen LogP contribution < -0.4 is 11.5 Å². The number of rotatable bonds is 2. The smallest absolute Gasteiger partial charge is 0.128 e. The highest BCUT2D eigenvalue weighted by Gasteiger charge is 2.13. The molecule has 0 amide bonds. The molecule has 1 unspecified atom stereocenters. The van der Waals surface area contributed by atoms with Gasteiger partial charge in [-0.1, -0.05) is 28.1 Å². The van der Waals surface area contributed by atoms with Crippen molar-refractivity contribution in [2.45, 2.75) is 6.04 Å². The number of nitrogen functional groups attached to an aromatic ring is 1. The van der Waals surface area contributed by atoms with Crippen LogP contribution in [0.3, 0.4) is 0 Å². The van der Waals surface area contributed by atoms with E-state index < -0.39 is 6.04 Å². The number of hydrogen-bond acceptors (Lipinski definition) is 2. The molecule has 0 aliphatic carbocycles. The van der Waals surface area contributed by atoms with Crippen molar-refractivity contribution in [2.75, 3.05) is 5.73 Å². The predicted molar refractivity (Wildman–Crippen MR) is 71.0 cm³/mol. The first-order valence-corrected chi connectivity index (χ1v) is 5.93. The molecule has 0 spiro atoms. The SMILES string of the molecule is Nc1ccc(C(N)c2cc(Br)ccc2F)cc1. The molecule has 2 nitrogen and oxygen atoms in total. The fourth-order valence-corrected chi connectivity index (χ4v) is 2.01. The van der Waals surface area contributed by atoms with Crippen molar-refractivity contribution in [3.05, 3.63) is 63.9 Å². The van der Waals surface area contributed by atoms with Crippen LogP contribution in [0.4, 0.5) is 10.1 Å². The number of benzene rings is 2. The van der Waals surface area contributed by atoms with E-state index in [1.807, 2.05) is 0 Å². The van der Waals surface area contributed by atoms with Gasteiger partial charge in [-0.05, 0) is 35.9 Å². The topological polar surface area (TPSA) is 52.0 Å². The van der Waals surface area contributed by atoms with Gasteiger partial charge in [-0.15, -0.1) is 0 Å². The lowest BCUT2D eigenvalue weighted by molar-refractivity contribution is 0.599. The zero-order valence-electron chi connectivity index (χ0n) is 9.03. The van der Waals surface area contributed by atoms with Crippen LogP contribution in [0.2, 0.25) is 0 Å². The van der Waals surface area contributed by atoms with E-state index in [-0.39, 0.29) is 5.82 Å². The van der Waals surface area contributed by atoms with E-state index in [0.717, 1.165) is 10.0 Å². The second kappa shape index (κ2) is 4.85. The normalized spacial score (nSPS) is 12.4. The molecule has 0 bridgehead atoms. The lowest BCUT2D eigenvalue weighted by atomic mass is 9.99. The van der Waals surface area contributed by atoms with E-state index in [4.69, 9.17) is 11.5 Å². The van der Waals surface area contributed by atoms with E-state index in [0.29, 0.717) is 11.3 Å². The summed E-state index contributed by atoms with van der Waals surface area (Å²) in [6, 6.07) is 11.4. The maximum atomic E-state index is 13.7. The van der Waals surface area contributed by atoms with Crippen LogP contribution in [-0.4, -0.2) is 0 Å². The van der Waals surface area contributed by atoms with Gasteiger partial charge in [-0.3, -0.25) is 0 Å². The summed E-state index contributed by atoms with van der Waals surface area (Å²) in [5, 5.41) is 0. The zero-order valence-corrected chi connectivity index (χ0v) is 10.6. The largest absolute Gasteiger partial charge is 0.399 e. The molecule has 4 heteroatoms. The van der Waals surface area contributed by atoms with Crippen LogP contribution in [0.15, 0.2) is 46.9 Å². The van der Waals surface area contributed by atoms with E-state index >= 15 is 0 Å². The lowest BCUT2D eigenvalue weighted by Gasteiger charge is -2.14. The van der Waals surface area contributed by atoms with Gasteiger partial charge in [0.1, 0.15) is 5.82 Å². The molecule has 0 radical (unpaired) electrons. The van der Waals surface area contributed by atoms with Gasteiger partial charge in [0.05, 0.1) is 6.04 Å². The van der Waals surface area contributed by atoms with E-state index in [1.54, 1.807) is 36.4 Å². The highest BCUT2D eigenvalue weighted by Crippen LogP contribution is 2.25. The van der Waals surface area contributed by atoms with Gasteiger partial charge in [0.15, 0.2) is 0 Å². The molecule has 0 aromatic heterocycles. The molecule has 4 N–H and O–H groups in total. The van der Waals surface area contributed by atoms with Gasteiger partial charge in [0.2, 0.25) is 0 Å². The third-order valence-corrected chi connectivity index (χ3v) is 3.08. The Morgan fingerprint density at radius 2 is 1.71 bits per heavy atom. The Bertz CT molecular complexity index is 525. The van der Waals surface area contributed by atoms with Crippen molar-refractivity contribution in [1.29, 1.82) is 0 Å². The summed E-state index contributed by atoms with van der Waals surface area (Å²) in [5.41, 5.74) is 13.6. The molecular weight excluding hydrogens is 283 g/mol. The molecule has 2 aromatic carbocycles. The Hall–Kier alpha value is -1.39. The fourth-order valence-electron chi connectivity index (χ4n) is 1.64. The molecule has 2 rings (SSSR count). The Kier molecular flexibility index (Phi) is 3.45. The van der Waals surface area contributed by atoms with Gasteiger partial charge in [0.25, 0.3) is 0 Å². The van der Waals surface area contributed by atoms with Crippen LogP contribution in [-0.2, 0) is 0 Å². The van der Waals surface area contributed by atoms with Gasteiger partial charge < -0.3 is 11.5 Å². The summed E-state index contributed by atoms with van der Waals surface area (Å²) in [7, 11) is 0. The van der Waals surface area contributed by atoms with Crippen LogP contribution in [0.5, 0.6) is 0 Å². The Morgan fingerprint density at radius 1 is 1.06 bits per heavy atom. The van der Waals surface area contributed by atoms with Crippen molar-refractivity contribution in [3.63, 3.8) is 0 Å². The number of anilines is 1. The van der Waals surface area contributed by atoms with Crippen LogP contribution in [0.25, 0.3) is 0 Å². The lowest BCUT2D eigenvalue weighted by Crippen LogP contribution is -2.13. The summed E-state index contributed by atoms with van der Waals surface area (Å²) in [6.45, 7) is 0. The average Bonchev–Trinajstić information content (AvgIpc) is 2.32.